The van der Waals surface area contributed by atoms with Crippen LogP contribution in [0.1, 0.15) is 30.5 Å². The van der Waals surface area contributed by atoms with Crippen molar-refractivity contribution in [2.75, 3.05) is 7.05 Å². The summed E-state index contributed by atoms with van der Waals surface area (Å²) < 4.78 is 0. The van der Waals surface area contributed by atoms with E-state index >= 15 is 0 Å². The summed E-state index contributed by atoms with van der Waals surface area (Å²) >= 11 is 0. The summed E-state index contributed by atoms with van der Waals surface area (Å²) in [7, 11) is 2.07. The first-order chi connectivity index (χ1) is 6.83. The predicted octanol–water partition coefficient (Wildman–Crippen LogP) is 2.59. The second kappa shape index (κ2) is 3.75. The Bertz CT molecular complexity index is 384. The zero-order valence-electron chi connectivity index (χ0n) is 8.75. The zero-order chi connectivity index (χ0) is 9.97. The van der Waals surface area contributed by atoms with Crippen LogP contribution in [0.25, 0.3) is 0 Å². The van der Waals surface area contributed by atoms with Gasteiger partial charge in [0.2, 0.25) is 0 Å². The summed E-state index contributed by atoms with van der Waals surface area (Å²) in [4.78, 5) is 2.13. The number of rotatable bonds is 1. The van der Waals surface area contributed by atoms with Crippen LogP contribution < -0.4 is 0 Å². The third kappa shape index (κ3) is 1.48. The first kappa shape index (κ1) is 9.15. The number of hydrogen-bond acceptors (Lipinski definition) is 1. The monoisotopic (exact) mass is 185 g/mol. The highest BCUT2D eigenvalue weighted by atomic mass is 15.1. The lowest BCUT2D eigenvalue weighted by Gasteiger charge is -2.20. The van der Waals surface area contributed by atoms with Crippen molar-refractivity contribution in [1.82, 2.24) is 4.90 Å². The van der Waals surface area contributed by atoms with E-state index in [0.29, 0.717) is 6.04 Å². The summed E-state index contributed by atoms with van der Waals surface area (Å²) in [6.45, 7) is 1.89. The normalized spacial score (nSPS) is 18.3. The Labute approximate surface area is 85.7 Å². The smallest absolute Gasteiger partial charge is 0.0623 e. The van der Waals surface area contributed by atoms with Crippen LogP contribution in [0.3, 0.4) is 0 Å². The van der Waals surface area contributed by atoms with Crippen molar-refractivity contribution in [3.05, 3.63) is 35.4 Å². The van der Waals surface area contributed by atoms with Crippen LogP contribution in [0, 0.1) is 12.0 Å². The minimum absolute atomic E-state index is 0.499. The molecular formula is C13H15N. The molecule has 0 spiro atoms. The molecule has 0 bridgehead atoms. The van der Waals surface area contributed by atoms with Crippen molar-refractivity contribution in [2.24, 2.45) is 0 Å². The molecule has 1 nitrogen and oxygen atoms in total. The van der Waals surface area contributed by atoms with Crippen molar-refractivity contribution in [3.63, 3.8) is 0 Å². The number of benzene rings is 1. The molecule has 0 heterocycles. The van der Waals surface area contributed by atoms with Gasteiger partial charge in [0.25, 0.3) is 0 Å². The standard InChI is InChI=1S/C13H15N/c1-3-10-14(2)13-9-8-11-6-4-5-7-12(11)13/h4-7,13H,8-9H2,1-2H3. The second-order valence-corrected chi connectivity index (χ2v) is 3.73. The molecule has 0 aromatic heterocycles. The molecule has 1 aromatic carbocycles. The highest BCUT2D eigenvalue weighted by molar-refractivity contribution is 5.35. The molecule has 1 unspecified atom stereocenters. The maximum atomic E-state index is 3.11. The van der Waals surface area contributed by atoms with Gasteiger partial charge in [-0.15, -0.1) is 0 Å². The topological polar surface area (TPSA) is 3.24 Å². The largest absolute Gasteiger partial charge is 0.328 e. The van der Waals surface area contributed by atoms with E-state index in [1.165, 1.54) is 24.0 Å². The van der Waals surface area contributed by atoms with Crippen molar-refractivity contribution >= 4 is 0 Å². The fourth-order valence-electron chi connectivity index (χ4n) is 2.19. The summed E-state index contributed by atoms with van der Waals surface area (Å²) in [6.07, 6.45) is 2.39. The molecular weight excluding hydrogens is 170 g/mol. The average molecular weight is 185 g/mol. The SMILES string of the molecule is CC#CN(C)C1CCc2ccccc21. The Kier molecular flexibility index (Phi) is 2.45. The van der Waals surface area contributed by atoms with Crippen LogP contribution in [-0.4, -0.2) is 11.9 Å². The summed E-state index contributed by atoms with van der Waals surface area (Å²) in [5, 5.41) is 0. The van der Waals surface area contributed by atoms with Crippen molar-refractivity contribution in [3.8, 4) is 12.0 Å². The lowest BCUT2D eigenvalue weighted by Crippen LogP contribution is -2.16. The van der Waals surface area contributed by atoms with Gasteiger partial charge in [-0.3, -0.25) is 0 Å². The third-order valence-electron chi connectivity index (χ3n) is 2.86. The van der Waals surface area contributed by atoms with Crippen LogP contribution in [-0.2, 0) is 6.42 Å². The van der Waals surface area contributed by atoms with Gasteiger partial charge in [0, 0.05) is 13.1 Å². The molecule has 0 fully saturated rings. The zero-order valence-corrected chi connectivity index (χ0v) is 8.75. The fourth-order valence-corrected chi connectivity index (χ4v) is 2.19. The quantitative estimate of drug-likeness (QED) is 0.480. The molecule has 1 aromatic rings. The van der Waals surface area contributed by atoms with Gasteiger partial charge in [0.1, 0.15) is 0 Å². The molecule has 14 heavy (non-hydrogen) atoms. The third-order valence-corrected chi connectivity index (χ3v) is 2.86. The van der Waals surface area contributed by atoms with E-state index in [1.807, 2.05) is 6.92 Å². The van der Waals surface area contributed by atoms with Crippen LogP contribution in [0.2, 0.25) is 0 Å². The number of hydrogen-bond donors (Lipinski definition) is 0. The van der Waals surface area contributed by atoms with E-state index < -0.39 is 0 Å². The predicted molar refractivity (Wildman–Crippen MR) is 58.7 cm³/mol. The number of fused-ring (bicyclic) bond motifs is 1. The molecule has 1 atom stereocenters. The van der Waals surface area contributed by atoms with E-state index in [1.54, 1.807) is 0 Å². The Morgan fingerprint density at radius 3 is 2.93 bits per heavy atom. The second-order valence-electron chi connectivity index (χ2n) is 3.73. The summed E-state index contributed by atoms with van der Waals surface area (Å²) in [5.74, 6) is 2.95. The first-order valence-electron chi connectivity index (χ1n) is 5.06. The minimum Gasteiger partial charge on any atom is -0.328 e. The highest BCUT2D eigenvalue weighted by Crippen LogP contribution is 2.34. The van der Waals surface area contributed by atoms with Gasteiger partial charge in [0.05, 0.1) is 6.04 Å². The Morgan fingerprint density at radius 2 is 2.14 bits per heavy atom. The molecule has 0 radical (unpaired) electrons. The fraction of sp³-hybridized carbons (Fsp3) is 0.385. The molecule has 1 aliphatic rings. The number of aryl methyl sites for hydroxylation is 1. The molecule has 0 N–H and O–H groups in total. The van der Waals surface area contributed by atoms with Crippen molar-refractivity contribution < 1.29 is 0 Å². The van der Waals surface area contributed by atoms with Gasteiger partial charge in [-0.2, -0.15) is 0 Å². The van der Waals surface area contributed by atoms with E-state index in [9.17, 15) is 0 Å². The van der Waals surface area contributed by atoms with Crippen LogP contribution in [0.5, 0.6) is 0 Å². The number of nitrogens with zero attached hydrogens (tertiary/aromatic N) is 1. The van der Waals surface area contributed by atoms with Gasteiger partial charge >= 0.3 is 0 Å². The molecule has 0 saturated carbocycles. The highest BCUT2D eigenvalue weighted by Gasteiger charge is 2.23. The lowest BCUT2D eigenvalue weighted by molar-refractivity contribution is 0.355. The van der Waals surface area contributed by atoms with Crippen molar-refractivity contribution in [2.45, 2.75) is 25.8 Å². The van der Waals surface area contributed by atoms with E-state index in [-0.39, 0.29) is 0 Å². The lowest BCUT2D eigenvalue weighted by atomic mass is 10.1. The molecule has 1 aliphatic carbocycles. The van der Waals surface area contributed by atoms with Crippen LogP contribution in [0.15, 0.2) is 24.3 Å². The maximum absolute atomic E-state index is 3.11. The van der Waals surface area contributed by atoms with Gasteiger partial charge < -0.3 is 4.90 Å². The molecule has 1 heteroatoms. The molecule has 0 amide bonds. The van der Waals surface area contributed by atoms with Gasteiger partial charge in [-0.1, -0.05) is 30.2 Å². The summed E-state index contributed by atoms with van der Waals surface area (Å²) in [5.41, 5.74) is 2.94. The molecule has 72 valence electrons. The Balaban J connectivity index is 2.28. The minimum atomic E-state index is 0.499. The van der Waals surface area contributed by atoms with Crippen molar-refractivity contribution in [1.29, 1.82) is 0 Å². The Hall–Kier alpha value is -1.42. The van der Waals surface area contributed by atoms with E-state index in [4.69, 9.17) is 0 Å². The van der Waals surface area contributed by atoms with Gasteiger partial charge in [-0.25, -0.2) is 0 Å². The molecule has 2 rings (SSSR count). The molecule has 0 saturated heterocycles. The molecule has 0 aliphatic heterocycles. The van der Waals surface area contributed by atoms with Crippen LogP contribution >= 0.6 is 0 Å². The Morgan fingerprint density at radius 1 is 1.36 bits per heavy atom. The van der Waals surface area contributed by atoms with Gasteiger partial charge in [0.15, 0.2) is 0 Å². The van der Waals surface area contributed by atoms with E-state index in [0.717, 1.165) is 0 Å². The average Bonchev–Trinajstić information content (AvgIpc) is 2.61. The first-order valence-corrected chi connectivity index (χ1v) is 5.06. The maximum Gasteiger partial charge on any atom is 0.0623 e. The van der Waals surface area contributed by atoms with Crippen LogP contribution in [0.4, 0.5) is 0 Å². The van der Waals surface area contributed by atoms with Gasteiger partial charge in [-0.05, 0) is 30.9 Å². The van der Waals surface area contributed by atoms with E-state index in [2.05, 4.69) is 48.2 Å². The summed E-state index contributed by atoms with van der Waals surface area (Å²) in [6, 6.07) is 12.3.